The molecule has 4 aromatic carbocycles. The maximum Gasteiger partial charge on any atom is 0.489 e. The molecule has 50 heavy (non-hydrogen) atoms. The van der Waals surface area contributed by atoms with Crippen molar-refractivity contribution in [2.24, 2.45) is 0 Å². The van der Waals surface area contributed by atoms with Gasteiger partial charge in [-0.05, 0) is 59.1 Å². The average molecular weight is 684 g/mol. The SMILES string of the molecule is C.CB(O)c1ccccc1C=O.COc1ccc(B(C)O)c(C=O)c1.COc1ccc(C=O)c(B(C)O)c1.Cc1cccc(C=O)c1B(O)O. The van der Waals surface area contributed by atoms with Crippen LogP contribution in [0.1, 0.15) is 54.4 Å². The summed E-state index contributed by atoms with van der Waals surface area (Å²) in [4.78, 5) is 42.1. The fourth-order valence-corrected chi connectivity index (χ4v) is 4.47. The van der Waals surface area contributed by atoms with E-state index in [1.807, 2.05) is 0 Å². The van der Waals surface area contributed by atoms with Gasteiger partial charge in [0.05, 0.1) is 14.2 Å². The third-order valence-electron chi connectivity index (χ3n) is 7.06. The molecule has 0 bridgehead atoms. The standard InChI is InChI=1S/2C9H11BO3.C8H9BO3.C8H9BO2.CH4/c1-10(12)9-4-3-8(13-2)5-7(9)6-11;1-10(12)9-5-8(13-2)4-3-7(9)6-11;1-6-3-2-4-7(5-10)8(6)9(11)12;1-9(11)8-5-3-2-4-7(8)6-10;/h2*3-6,12H,1-2H3;2-5,11-12H,1H3;2-6,11H,1H3;1H4. The highest BCUT2D eigenvalue weighted by Crippen LogP contribution is 2.10. The van der Waals surface area contributed by atoms with Crippen LogP contribution in [0.3, 0.4) is 0 Å². The van der Waals surface area contributed by atoms with Crippen molar-refractivity contribution in [2.75, 3.05) is 14.2 Å². The average Bonchev–Trinajstić information content (AvgIpc) is 3.11. The van der Waals surface area contributed by atoms with Crippen molar-refractivity contribution in [3.63, 3.8) is 0 Å². The van der Waals surface area contributed by atoms with Crippen LogP contribution in [-0.4, -0.2) is 92.3 Å². The van der Waals surface area contributed by atoms with Gasteiger partial charge in [-0.2, -0.15) is 0 Å². The number of rotatable bonds is 10. The highest BCUT2D eigenvalue weighted by molar-refractivity contribution is 6.67. The molecule has 0 amide bonds. The predicted octanol–water partition coefficient (Wildman–Crippen LogP) is 1.10. The molecule has 0 aliphatic heterocycles. The summed E-state index contributed by atoms with van der Waals surface area (Å²) in [6, 6.07) is 22.0. The maximum absolute atomic E-state index is 10.6. The van der Waals surface area contributed by atoms with Crippen molar-refractivity contribution in [3.8, 4) is 11.5 Å². The Bertz CT molecular complexity index is 1660. The summed E-state index contributed by atoms with van der Waals surface area (Å²) in [6.45, 7) is 4.73. The fraction of sp³-hybridized carbons (Fsp3) is 0.200. The smallest absolute Gasteiger partial charge is 0.489 e. The molecule has 0 aromatic heterocycles. The number of hydrogen-bond donors (Lipinski definition) is 5. The first-order valence-electron chi connectivity index (χ1n) is 15.0. The zero-order valence-corrected chi connectivity index (χ0v) is 28.3. The van der Waals surface area contributed by atoms with Gasteiger partial charge in [-0.15, -0.1) is 0 Å². The number of aldehydes is 4. The van der Waals surface area contributed by atoms with Gasteiger partial charge in [0.1, 0.15) is 36.6 Å². The van der Waals surface area contributed by atoms with Gasteiger partial charge in [-0.1, -0.05) is 82.0 Å². The van der Waals surface area contributed by atoms with Gasteiger partial charge in [0, 0.05) is 22.3 Å². The van der Waals surface area contributed by atoms with E-state index in [1.54, 1.807) is 113 Å². The van der Waals surface area contributed by atoms with E-state index < -0.39 is 27.9 Å². The number of ether oxygens (including phenoxy) is 2. The summed E-state index contributed by atoms with van der Waals surface area (Å²) in [5.41, 5.74) is 4.73. The summed E-state index contributed by atoms with van der Waals surface area (Å²) in [7, 11) is 1.50. The monoisotopic (exact) mass is 684 g/mol. The molecule has 0 heterocycles. The van der Waals surface area contributed by atoms with Crippen molar-refractivity contribution < 1.29 is 53.8 Å². The van der Waals surface area contributed by atoms with E-state index >= 15 is 0 Å². The second kappa shape index (κ2) is 23.6. The molecule has 4 rings (SSSR count). The Kier molecular flexibility index (Phi) is 21.3. The lowest BCUT2D eigenvalue weighted by Crippen LogP contribution is -2.35. The molecule has 0 unspecified atom stereocenters. The molecule has 0 fully saturated rings. The van der Waals surface area contributed by atoms with Crippen molar-refractivity contribution in [1.29, 1.82) is 0 Å². The van der Waals surface area contributed by atoms with E-state index in [0.717, 1.165) is 12.6 Å². The lowest BCUT2D eigenvalue weighted by molar-refractivity contribution is 0.111. The van der Waals surface area contributed by atoms with Crippen LogP contribution in [0.4, 0.5) is 0 Å². The van der Waals surface area contributed by atoms with Crippen molar-refractivity contribution in [3.05, 3.63) is 107 Å². The van der Waals surface area contributed by atoms with Crippen LogP contribution in [0.2, 0.25) is 20.5 Å². The van der Waals surface area contributed by atoms with Gasteiger partial charge >= 0.3 is 27.9 Å². The van der Waals surface area contributed by atoms with Crippen LogP contribution >= 0.6 is 0 Å². The van der Waals surface area contributed by atoms with Crippen molar-refractivity contribution in [2.45, 2.75) is 34.8 Å². The third kappa shape index (κ3) is 14.0. The molecule has 4 aromatic rings. The normalized spacial score (nSPS) is 9.26. The van der Waals surface area contributed by atoms with E-state index in [2.05, 4.69) is 0 Å². The number of methoxy groups -OCH3 is 2. The first-order chi connectivity index (χ1) is 23.3. The minimum atomic E-state index is -1.58. The Morgan fingerprint density at radius 3 is 1.40 bits per heavy atom. The van der Waals surface area contributed by atoms with Crippen LogP contribution in [0.5, 0.6) is 11.5 Å². The number of carbonyl (C=O) groups is 4. The first kappa shape index (κ1) is 45.2. The summed E-state index contributed by atoms with van der Waals surface area (Å²) in [6.07, 6.45) is 2.80. The number of aryl methyl sites for hydroxylation is 1. The van der Waals surface area contributed by atoms with E-state index in [4.69, 9.17) is 19.5 Å². The minimum Gasteiger partial charge on any atom is -0.497 e. The summed E-state index contributed by atoms with van der Waals surface area (Å²) in [5, 5.41) is 45.6. The summed E-state index contributed by atoms with van der Waals surface area (Å²) in [5.74, 6) is 1.26. The Hall–Kier alpha value is -4.78. The topological polar surface area (TPSA) is 188 Å². The van der Waals surface area contributed by atoms with Gasteiger partial charge in [0.2, 0.25) is 0 Å². The molecule has 0 radical (unpaired) electrons. The third-order valence-corrected chi connectivity index (χ3v) is 7.06. The van der Waals surface area contributed by atoms with Gasteiger partial charge in [-0.3, -0.25) is 19.2 Å². The van der Waals surface area contributed by atoms with E-state index in [0.29, 0.717) is 68.3 Å². The van der Waals surface area contributed by atoms with Crippen LogP contribution < -0.4 is 31.3 Å². The van der Waals surface area contributed by atoms with E-state index in [9.17, 15) is 34.3 Å². The van der Waals surface area contributed by atoms with Crippen LogP contribution in [0, 0.1) is 6.92 Å². The largest absolute Gasteiger partial charge is 0.497 e. The molecule has 0 saturated heterocycles. The van der Waals surface area contributed by atoms with Gasteiger partial charge in [0.15, 0.2) is 0 Å². The van der Waals surface area contributed by atoms with Crippen molar-refractivity contribution in [1.82, 2.24) is 0 Å². The molecular weight excluding hydrogens is 640 g/mol. The van der Waals surface area contributed by atoms with Gasteiger partial charge < -0.3 is 34.6 Å². The molecular formula is C35H44B4O11. The Morgan fingerprint density at radius 2 is 0.960 bits per heavy atom. The van der Waals surface area contributed by atoms with Crippen molar-refractivity contribution >= 4 is 74.9 Å². The number of hydrogen-bond acceptors (Lipinski definition) is 11. The molecule has 0 atom stereocenters. The highest BCUT2D eigenvalue weighted by atomic mass is 16.5. The Morgan fingerprint density at radius 1 is 0.520 bits per heavy atom. The van der Waals surface area contributed by atoms with Crippen LogP contribution in [0.25, 0.3) is 0 Å². The molecule has 262 valence electrons. The minimum absolute atomic E-state index is 0. The predicted molar refractivity (Wildman–Crippen MR) is 202 cm³/mol. The zero-order valence-electron chi connectivity index (χ0n) is 28.3. The van der Waals surface area contributed by atoms with E-state index in [1.165, 1.54) is 7.11 Å². The van der Waals surface area contributed by atoms with Gasteiger partial charge in [-0.25, -0.2) is 0 Å². The number of carbonyl (C=O) groups excluding carboxylic acids is 4. The molecule has 11 nitrogen and oxygen atoms in total. The lowest BCUT2D eigenvalue weighted by atomic mass is 9.62. The summed E-state index contributed by atoms with van der Waals surface area (Å²) < 4.78 is 9.93. The highest BCUT2D eigenvalue weighted by Gasteiger charge is 2.17. The summed E-state index contributed by atoms with van der Waals surface area (Å²) >= 11 is 0. The van der Waals surface area contributed by atoms with Crippen LogP contribution in [0.15, 0.2) is 78.9 Å². The first-order valence-corrected chi connectivity index (χ1v) is 15.0. The van der Waals surface area contributed by atoms with E-state index in [-0.39, 0.29) is 12.9 Å². The quantitative estimate of drug-likeness (QED) is 0.119. The maximum atomic E-state index is 10.6. The molecule has 0 aliphatic rings. The molecule has 15 heteroatoms. The Labute approximate surface area is 295 Å². The Balaban J connectivity index is 0.000000637. The molecule has 5 N–H and O–H groups in total. The van der Waals surface area contributed by atoms with Crippen LogP contribution in [-0.2, 0) is 0 Å². The second-order valence-electron chi connectivity index (χ2n) is 10.6. The fourth-order valence-electron chi connectivity index (χ4n) is 4.47. The number of benzene rings is 4. The second-order valence-corrected chi connectivity index (χ2v) is 10.6. The lowest BCUT2D eigenvalue weighted by Gasteiger charge is -2.07. The molecule has 0 saturated carbocycles. The zero-order chi connectivity index (χ0) is 37.1. The molecule has 0 spiro atoms. The van der Waals surface area contributed by atoms with Gasteiger partial charge in [0.25, 0.3) is 0 Å². The molecule has 0 aliphatic carbocycles.